The maximum absolute atomic E-state index is 11.9. The number of hydrogen-bond acceptors (Lipinski definition) is 4. The molecule has 5 heteroatoms. The molecule has 1 aliphatic rings. The lowest BCUT2D eigenvalue weighted by Gasteiger charge is -2.30. The Labute approximate surface area is 139 Å². The van der Waals surface area contributed by atoms with Gasteiger partial charge in [0.05, 0.1) is 12.6 Å². The summed E-state index contributed by atoms with van der Waals surface area (Å²) in [4.78, 5) is 14.2. The Hall–Kier alpha value is -1.59. The Bertz CT molecular complexity index is 485. The highest BCUT2D eigenvalue weighted by molar-refractivity contribution is 5.67. The fraction of sp³-hybridized carbons (Fsp3) is 0.611. The SMILES string of the molecule is CC(C)(C)OC(=O)NC[C@@H]1COCCCN1Cc1ccccc1. The number of amides is 1. The van der Waals surface area contributed by atoms with Crippen LogP contribution in [0.15, 0.2) is 30.3 Å². The molecule has 0 aliphatic carbocycles. The van der Waals surface area contributed by atoms with Crippen molar-refractivity contribution in [2.24, 2.45) is 0 Å². The molecular formula is C18H28N2O3. The van der Waals surface area contributed by atoms with Gasteiger partial charge >= 0.3 is 6.09 Å². The Balaban J connectivity index is 1.91. The number of ether oxygens (including phenoxy) is 2. The first-order valence-electron chi connectivity index (χ1n) is 8.26. The van der Waals surface area contributed by atoms with Gasteiger partial charge in [0.1, 0.15) is 5.60 Å². The molecule has 1 aromatic rings. The van der Waals surface area contributed by atoms with Crippen molar-refractivity contribution in [3.05, 3.63) is 35.9 Å². The van der Waals surface area contributed by atoms with E-state index in [9.17, 15) is 4.79 Å². The number of hydrogen-bond donors (Lipinski definition) is 1. The molecule has 1 atom stereocenters. The highest BCUT2D eigenvalue weighted by Crippen LogP contribution is 2.13. The molecule has 0 saturated carbocycles. The summed E-state index contributed by atoms with van der Waals surface area (Å²) >= 11 is 0. The van der Waals surface area contributed by atoms with Crippen LogP contribution >= 0.6 is 0 Å². The van der Waals surface area contributed by atoms with E-state index in [0.29, 0.717) is 13.2 Å². The number of rotatable bonds is 4. The second-order valence-electron chi connectivity index (χ2n) is 6.92. The fourth-order valence-electron chi connectivity index (χ4n) is 2.61. The highest BCUT2D eigenvalue weighted by atomic mass is 16.6. The zero-order valence-corrected chi connectivity index (χ0v) is 14.4. The molecule has 0 bridgehead atoms. The average Bonchev–Trinajstić information content (AvgIpc) is 2.70. The second-order valence-corrected chi connectivity index (χ2v) is 6.92. The number of nitrogens with one attached hydrogen (secondary N) is 1. The molecule has 0 radical (unpaired) electrons. The van der Waals surface area contributed by atoms with Crippen molar-refractivity contribution in [3.63, 3.8) is 0 Å². The van der Waals surface area contributed by atoms with E-state index < -0.39 is 5.60 Å². The molecule has 5 nitrogen and oxygen atoms in total. The molecule has 0 spiro atoms. The van der Waals surface area contributed by atoms with Gasteiger partial charge < -0.3 is 14.8 Å². The standard InChI is InChI=1S/C18H28N2O3/c1-18(2,3)23-17(21)19-12-16-14-22-11-7-10-20(16)13-15-8-5-4-6-9-15/h4-6,8-9,16H,7,10-14H2,1-3H3,(H,19,21)/t16-/m1/s1. The van der Waals surface area contributed by atoms with Crippen molar-refractivity contribution in [1.82, 2.24) is 10.2 Å². The summed E-state index contributed by atoms with van der Waals surface area (Å²) in [6.45, 7) is 9.36. The van der Waals surface area contributed by atoms with Gasteiger partial charge in [-0.25, -0.2) is 4.79 Å². The van der Waals surface area contributed by atoms with E-state index in [1.807, 2.05) is 26.8 Å². The van der Waals surface area contributed by atoms with Crippen LogP contribution in [0.2, 0.25) is 0 Å². The van der Waals surface area contributed by atoms with Gasteiger partial charge in [0.25, 0.3) is 0 Å². The van der Waals surface area contributed by atoms with E-state index in [-0.39, 0.29) is 12.1 Å². The largest absolute Gasteiger partial charge is 0.444 e. The monoisotopic (exact) mass is 320 g/mol. The van der Waals surface area contributed by atoms with Crippen molar-refractivity contribution in [2.45, 2.75) is 45.4 Å². The Morgan fingerprint density at radius 2 is 2.09 bits per heavy atom. The summed E-state index contributed by atoms with van der Waals surface area (Å²) in [5.41, 5.74) is 0.796. The zero-order chi connectivity index (χ0) is 16.7. The van der Waals surface area contributed by atoms with E-state index in [4.69, 9.17) is 9.47 Å². The third-order valence-corrected chi connectivity index (χ3v) is 3.67. The zero-order valence-electron chi connectivity index (χ0n) is 14.4. The van der Waals surface area contributed by atoms with Crippen LogP contribution in [-0.4, -0.2) is 48.9 Å². The summed E-state index contributed by atoms with van der Waals surface area (Å²) in [6, 6.07) is 10.5. The molecule has 0 unspecified atom stereocenters. The van der Waals surface area contributed by atoms with E-state index in [1.165, 1.54) is 5.56 Å². The first-order valence-corrected chi connectivity index (χ1v) is 8.26. The fourth-order valence-corrected chi connectivity index (χ4v) is 2.61. The molecule has 0 aromatic heterocycles. The van der Waals surface area contributed by atoms with Gasteiger partial charge in [-0.15, -0.1) is 0 Å². The van der Waals surface area contributed by atoms with Gasteiger partial charge in [-0.3, -0.25) is 4.90 Å². The van der Waals surface area contributed by atoms with Gasteiger partial charge in [0, 0.05) is 26.2 Å². The molecule has 128 valence electrons. The Kier molecular flexibility index (Phi) is 6.42. The summed E-state index contributed by atoms with van der Waals surface area (Å²) in [7, 11) is 0. The van der Waals surface area contributed by atoms with Crippen molar-refractivity contribution >= 4 is 6.09 Å². The topological polar surface area (TPSA) is 50.8 Å². The van der Waals surface area contributed by atoms with Crippen molar-refractivity contribution < 1.29 is 14.3 Å². The first kappa shape index (κ1) is 17.8. The number of carbonyl (C=O) groups is 1. The highest BCUT2D eigenvalue weighted by Gasteiger charge is 2.23. The Morgan fingerprint density at radius 1 is 1.35 bits per heavy atom. The van der Waals surface area contributed by atoms with Gasteiger partial charge in [-0.1, -0.05) is 30.3 Å². The van der Waals surface area contributed by atoms with E-state index in [2.05, 4.69) is 34.5 Å². The summed E-state index contributed by atoms with van der Waals surface area (Å²) < 4.78 is 11.0. The van der Waals surface area contributed by atoms with E-state index in [0.717, 1.165) is 26.1 Å². The van der Waals surface area contributed by atoms with Gasteiger partial charge in [0.15, 0.2) is 0 Å². The maximum Gasteiger partial charge on any atom is 0.407 e. The van der Waals surface area contributed by atoms with E-state index in [1.54, 1.807) is 0 Å². The van der Waals surface area contributed by atoms with Gasteiger partial charge in [0.2, 0.25) is 0 Å². The van der Waals surface area contributed by atoms with Crippen LogP contribution in [0.25, 0.3) is 0 Å². The van der Waals surface area contributed by atoms with Crippen LogP contribution in [0.4, 0.5) is 4.79 Å². The van der Waals surface area contributed by atoms with Crippen LogP contribution in [0, 0.1) is 0 Å². The van der Waals surface area contributed by atoms with Crippen molar-refractivity contribution in [2.75, 3.05) is 26.3 Å². The summed E-state index contributed by atoms with van der Waals surface area (Å²) in [5, 5.41) is 2.87. The number of carbonyl (C=O) groups excluding carboxylic acids is 1. The van der Waals surface area contributed by atoms with Crippen LogP contribution in [0.3, 0.4) is 0 Å². The maximum atomic E-state index is 11.9. The predicted octanol–water partition coefficient (Wildman–Crippen LogP) is 2.80. The molecule has 1 saturated heterocycles. The van der Waals surface area contributed by atoms with Crippen molar-refractivity contribution in [3.8, 4) is 0 Å². The molecule has 2 rings (SSSR count). The van der Waals surface area contributed by atoms with E-state index >= 15 is 0 Å². The third kappa shape index (κ3) is 6.59. The number of alkyl carbamates (subject to hydrolysis) is 1. The lowest BCUT2D eigenvalue weighted by atomic mass is 10.1. The van der Waals surface area contributed by atoms with Gasteiger partial charge in [-0.05, 0) is 32.8 Å². The minimum atomic E-state index is -0.478. The Morgan fingerprint density at radius 3 is 2.78 bits per heavy atom. The normalized spacial score (nSPS) is 19.9. The van der Waals surface area contributed by atoms with Gasteiger partial charge in [-0.2, -0.15) is 0 Å². The minimum absolute atomic E-state index is 0.158. The molecule has 1 heterocycles. The molecule has 23 heavy (non-hydrogen) atoms. The predicted molar refractivity (Wildman–Crippen MR) is 90.3 cm³/mol. The minimum Gasteiger partial charge on any atom is -0.444 e. The van der Waals surface area contributed by atoms with Crippen molar-refractivity contribution in [1.29, 1.82) is 0 Å². The van der Waals surface area contributed by atoms with Crippen LogP contribution in [0.5, 0.6) is 0 Å². The van der Waals surface area contributed by atoms with Crippen LogP contribution < -0.4 is 5.32 Å². The molecule has 1 aliphatic heterocycles. The lowest BCUT2D eigenvalue weighted by molar-refractivity contribution is 0.0479. The number of nitrogens with zero attached hydrogens (tertiary/aromatic N) is 1. The number of benzene rings is 1. The molecule has 1 aromatic carbocycles. The molecule has 1 amide bonds. The van der Waals surface area contributed by atoms with Crippen LogP contribution in [0.1, 0.15) is 32.8 Å². The third-order valence-electron chi connectivity index (χ3n) is 3.67. The first-order chi connectivity index (χ1) is 10.9. The lowest BCUT2D eigenvalue weighted by Crippen LogP contribution is -2.46. The quantitative estimate of drug-likeness (QED) is 0.927. The molecular weight excluding hydrogens is 292 g/mol. The molecule has 1 N–H and O–H groups in total. The second kappa shape index (κ2) is 8.31. The molecule has 1 fully saturated rings. The average molecular weight is 320 g/mol. The smallest absolute Gasteiger partial charge is 0.407 e. The van der Waals surface area contributed by atoms with Crippen LogP contribution in [-0.2, 0) is 16.0 Å². The summed E-state index contributed by atoms with van der Waals surface area (Å²) in [6.07, 6.45) is 0.636. The summed E-state index contributed by atoms with van der Waals surface area (Å²) in [5.74, 6) is 0.